The Balaban J connectivity index is 1.69. The third-order valence-electron chi connectivity index (χ3n) is 5.34. The summed E-state index contributed by atoms with van der Waals surface area (Å²) >= 11 is 7.84. The second-order valence-corrected chi connectivity index (χ2v) is 9.84. The third-order valence-corrected chi connectivity index (χ3v) is 6.78. The molecule has 0 atom stereocenters. The molecule has 2 aromatic carbocycles. The summed E-state index contributed by atoms with van der Waals surface area (Å²) in [4.78, 5) is 19.3. The predicted octanol–water partition coefficient (Wildman–Crippen LogP) is 7.38. The van der Waals surface area contributed by atoms with E-state index >= 15 is 0 Å². The van der Waals surface area contributed by atoms with E-state index in [9.17, 15) is 4.79 Å². The highest BCUT2D eigenvalue weighted by molar-refractivity contribution is 7.16. The lowest BCUT2D eigenvalue weighted by atomic mass is 9.95. The Hall–Kier alpha value is -2.63. The van der Waals surface area contributed by atoms with Crippen molar-refractivity contribution in [2.45, 2.75) is 52.6 Å². The first-order valence-electron chi connectivity index (χ1n) is 10.9. The van der Waals surface area contributed by atoms with Crippen molar-refractivity contribution in [2.24, 2.45) is 4.99 Å². The molecule has 1 aliphatic rings. The van der Waals surface area contributed by atoms with Crippen LogP contribution in [0.3, 0.4) is 0 Å². The number of anilines is 1. The molecule has 0 unspecified atom stereocenters. The number of fused-ring (bicyclic) bond motifs is 1. The van der Waals surface area contributed by atoms with Crippen molar-refractivity contribution in [3.05, 3.63) is 74.6 Å². The second kappa shape index (κ2) is 9.88. The number of halogens is 1. The Morgan fingerprint density at radius 2 is 1.91 bits per heavy atom. The van der Waals surface area contributed by atoms with Crippen LogP contribution in [0.15, 0.2) is 47.5 Å². The van der Waals surface area contributed by atoms with Crippen molar-refractivity contribution in [1.29, 1.82) is 0 Å². The summed E-state index contributed by atoms with van der Waals surface area (Å²) in [6, 6.07) is 13.3. The normalized spacial score (nSPS) is 13.4. The molecule has 3 aromatic rings. The van der Waals surface area contributed by atoms with Crippen molar-refractivity contribution in [1.82, 2.24) is 0 Å². The maximum absolute atomic E-state index is 13.3. The summed E-state index contributed by atoms with van der Waals surface area (Å²) in [7, 11) is 0. The lowest BCUT2D eigenvalue weighted by Crippen LogP contribution is -2.14. The molecule has 1 aliphatic carbocycles. The number of aliphatic imine (C=N–C) groups is 1. The minimum Gasteiger partial charge on any atom is -0.490 e. The molecule has 1 N–H and O–H groups in total. The standard InChI is InChI=1S/C26H27ClN2O2S/c1-16(2)31-22-13-10-19(27)14-18(22)15-28-26-24(21-6-4-5-7-23(21)32-26)25(30)29-20-11-8-17(3)9-12-20/h8-16H,4-7H2,1-3H3,(H,29,30). The largest absolute Gasteiger partial charge is 0.490 e. The highest BCUT2D eigenvalue weighted by Gasteiger charge is 2.25. The van der Waals surface area contributed by atoms with Gasteiger partial charge in [-0.15, -0.1) is 11.3 Å². The first-order valence-corrected chi connectivity index (χ1v) is 12.1. The fourth-order valence-electron chi connectivity index (χ4n) is 3.82. The number of aryl methyl sites for hydroxylation is 2. The van der Waals surface area contributed by atoms with Gasteiger partial charge in [0, 0.05) is 27.4 Å². The number of rotatable bonds is 6. The molecule has 4 nitrogen and oxygen atoms in total. The quantitative estimate of drug-likeness (QED) is 0.385. The number of nitrogens with one attached hydrogen (secondary N) is 1. The van der Waals surface area contributed by atoms with Crippen LogP contribution in [0.2, 0.25) is 5.02 Å². The summed E-state index contributed by atoms with van der Waals surface area (Å²) in [5, 5.41) is 4.40. The van der Waals surface area contributed by atoms with Gasteiger partial charge < -0.3 is 10.1 Å². The maximum atomic E-state index is 13.3. The van der Waals surface area contributed by atoms with E-state index < -0.39 is 0 Å². The van der Waals surface area contributed by atoms with Crippen molar-refractivity contribution >= 4 is 45.7 Å². The molecule has 166 valence electrons. The van der Waals surface area contributed by atoms with Crippen LogP contribution in [0.4, 0.5) is 10.7 Å². The van der Waals surface area contributed by atoms with Gasteiger partial charge in [-0.25, -0.2) is 4.99 Å². The van der Waals surface area contributed by atoms with Crippen LogP contribution in [0.25, 0.3) is 0 Å². The predicted molar refractivity (Wildman–Crippen MR) is 135 cm³/mol. The van der Waals surface area contributed by atoms with E-state index in [-0.39, 0.29) is 12.0 Å². The maximum Gasteiger partial charge on any atom is 0.259 e. The Bertz CT molecular complexity index is 1150. The van der Waals surface area contributed by atoms with Crippen LogP contribution in [0, 0.1) is 6.92 Å². The second-order valence-electron chi connectivity index (χ2n) is 8.32. The molecule has 6 heteroatoms. The van der Waals surface area contributed by atoms with Crippen LogP contribution in [-0.4, -0.2) is 18.2 Å². The molecule has 1 aromatic heterocycles. The minimum atomic E-state index is -0.106. The van der Waals surface area contributed by atoms with Crippen LogP contribution in [0.1, 0.15) is 58.6 Å². The Morgan fingerprint density at radius 3 is 2.66 bits per heavy atom. The zero-order valence-electron chi connectivity index (χ0n) is 18.6. The average Bonchev–Trinajstić information content (AvgIpc) is 3.13. The van der Waals surface area contributed by atoms with E-state index in [0.29, 0.717) is 10.6 Å². The number of benzene rings is 2. The molecule has 0 aliphatic heterocycles. The van der Waals surface area contributed by atoms with Gasteiger partial charge in [0.2, 0.25) is 0 Å². The van der Waals surface area contributed by atoms with Gasteiger partial charge in [-0.1, -0.05) is 29.3 Å². The highest BCUT2D eigenvalue weighted by atomic mass is 35.5. The van der Waals surface area contributed by atoms with Gasteiger partial charge in [0.25, 0.3) is 5.91 Å². The minimum absolute atomic E-state index is 0.0354. The lowest BCUT2D eigenvalue weighted by Gasteiger charge is -2.13. The van der Waals surface area contributed by atoms with E-state index in [0.717, 1.165) is 58.8 Å². The highest BCUT2D eigenvalue weighted by Crippen LogP contribution is 2.40. The van der Waals surface area contributed by atoms with E-state index in [1.54, 1.807) is 23.6 Å². The van der Waals surface area contributed by atoms with Gasteiger partial charge in [-0.3, -0.25) is 4.79 Å². The zero-order valence-corrected chi connectivity index (χ0v) is 20.1. The first-order chi connectivity index (χ1) is 15.4. The average molecular weight is 467 g/mol. The molecule has 32 heavy (non-hydrogen) atoms. The van der Waals surface area contributed by atoms with Crippen LogP contribution < -0.4 is 10.1 Å². The van der Waals surface area contributed by atoms with Crippen LogP contribution >= 0.6 is 22.9 Å². The van der Waals surface area contributed by atoms with Crippen molar-refractivity contribution in [2.75, 3.05) is 5.32 Å². The summed E-state index contributed by atoms with van der Waals surface area (Å²) in [6.45, 7) is 5.99. The summed E-state index contributed by atoms with van der Waals surface area (Å²) in [6.07, 6.45) is 5.95. The van der Waals surface area contributed by atoms with Crippen molar-refractivity contribution in [3.8, 4) is 5.75 Å². The lowest BCUT2D eigenvalue weighted by molar-refractivity contribution is 0.102. The van der Waals surface area contributed by atoms with Gasteiger partial charge in [-0.05, 0) is 82.3 Å². The fraction of sp³-hybridized carbons (Fsp3) is 0.308. The molecule has 0 fully saturated rings. The number of carbonyl (C=O) groups excluding carboxylic acids is 1. The van der Waals surface area contributed by atoms with Gasteiger partial charge in [0.05, 0.1) is 11.7 Å². The number of nitrogens with zero attached hydrogens (tertiary/aromatic N) is 1. The number of hydrogen-bond acceptors (Lipinski definition) is 4. The molecule has 0 saturated carbocycles. The van der Waals surface area contributed by atoms with Gasteiger partial charge in [-0.2, -0.15) is 0 Å². The van der Waals surface area contributed by atoms with Crippen molar-refractivity contribution < 1.29 is 9.53 Å². The topological polar surface area (TPSA) is 50.7 Å². The van der Waals surface area contributed by atoms with Crippen LogP contribution in [-0.2, 0) is 12.8 Å². The molecule has 0 spiro atoms. The molecular weight excluding hydrogens is 440 g/mol. The van der Waals surface area contributed by atoms with E-state index in [2.05, 4.69) is 5.32 Å². The number of thiophene rings is 1. The van der Waals surface area contributed by atoms with Gasteiger partial charge >= 0.3 is 0 Å². The molecule has 0 bridgehead atoms. The number of carbonyl (C=O) groups is 1. The monoisotopic (exact) mass is 466 g/mol. The molecular formula is C26H27ClN2O2S. The number of ether oxygens (including phenoxy) is 1. The molecule has 1 amide bonds. The summed E-state index contributed by atoms with van der Waals surface area (Å²) in [5.74, 6) is 0.616. The van der Waals surface area contributed by atoms with E-state index in [4.69, 9.17) is 21.3 Å². The third kappa shape index (κ3) is 5.22. The smallest absolute Gasteiger partial charge is 0.259 e. The van der Waals surface area contributed by atoms with E-state index in [1.165, 1.54) is 4.88 Å². The molecule has 0 radical (unpaired) electrons. The molecule has 0 saturated heterocycles. The summed E-state index contributed by atoms with van der Waals surface area (Å²) < 4.78 is 5.91. The summed E-state index contributed by atoms with van der Waals surface area (Å²) in [5.41, 5.74) is 4.57. The number of amides is 1. The van der Waals surface area contributed by atoms with Crippen molar-refractivity contribution in [3.63, 3.8) is 0 Å². The number of hydrogen-bond donors (Lipinski definition) is 1. The van der Waals surface area contributed by atoms with Gasteiger partial charge in [0.15, 0.2) is 0 Å². The molecule has 4 rings (SSSR count). The Kier molecular flexibility index (Phi) is 6.97. The fourth-order valence-corrected chi connectivity index (χ4v) is 5.23. The Morgan fingerprint density at radius 1 is 1.16 bits per heavy atom. The first kappa shape index (κ1) is 22.6. The van der Waals surface area contributed by atoms with Crippen LogP contribution in [0.5, 0.6) is 5.75 Å². The van der Waals surface area contributed by atoms with Gasteiger partial charge in [0.1, 0.15) is 10.8 Å². The molecule has 1 heterocycles. The Labute approximate surface area is 198 Å². The SMILES string of the molecule is Cc1ccc(NC(=O)c2c(N=Cc3cc(Cl)ccc3OC(C)C)sc3c2CCCC3)cc1. The van der Waals surface area contributed by atoms with E-state index in [1.807, 2.05) is 57.2 Å². The zero-order chi connectivity index (χ0) is 22.7.